The first kappa shape index (κ1) is 15.2. The Balaban J connectivity index is 2.02. The minimum atomic E-state index is -3.65. The van der Waals surface area contributed by atoms with Crippen LogP contribution in [0.25, 0.3) is 0 Å². The third kappa shape index (κ3) is 3.68. The maximum absolute atomic E-state index is 12.1. The van der Waals surface area contributed by atoms with E-state index in [1.807, 2.05) is 0 Å². The lowest BCUT2D eigenvalue weighted by atomic mass is 10.3. The Kier molecular flexibility index (Phi) is 4.62. The number of carbonyl (C=O) groups excluding carboxylic acids is 1. The predicted molar refractivity (Wildman–Crippen MR) is 74.8 cm³/mol. The van der Waals surface area contributed by atoms with Gasteiger partial charge >= 0.3 is 0 Å². The van der Waals surface area contributed by atoms with Crippen LogP contribution in [0.4, 0.5) is 0 Å². The standard InChI is InChI=1S/C12H16ClN3O3S/c1-9(8-16-6-2-3-12(16)17)15-20(18,19)10-4-5-14-11(13)7-10/h4-5,7,9,15H,2-3,6,8H2,1H3. The van der Waals surface area contributed by atoms with Crippen molar-refractivity contribution in [1.29, 1.82) is 0 Å². The van der Waals surface area contributed by atoms with Gasteiger partial charge in [0.05, 0.1) is 4.90 Å². The zero-order valence-corrected chi connectivity index (χ0v) is 12.6. The number of nitrogens with one attached hydrogen (secondary N) is 1. The molecule has 1 aromatic heterocycles. The highest BCUT2D eigenvalue weighted by Gasteiger charge is 2.24. The van der Waals surface area contributed by atoms with Gasteiger partial charge in [0.1, 0.15) is 5.15 Å². The van der Waals surface area contributed by atoms with E-state index in [2.05, 4.69) is 9.71 Å². The maximum Gasteiger partial charge on any atom is 0.241 e. The highest BCUT2D eigenvalue weighted by molar-refractivity contribution is 7.89. The highest BCUT2D eigenvalue weighted by Crippen LogP contribution is 2.14. The predicted octanol–water partition coefficient (Wildman–Crippen LogP) is 1.02. The molecule has 1 amide bonds. The Bertz CT molecular complexity index is 606. The summed E-state index contributed by atoms with van der Waals surface area (Å²) in [6.07, 6.45) is 2.71. The normalized spacial score (nSPS) is 17.5. The van der Waals surface area contributed by atoms with Gasteiger partial charge in [0.25, 0.3) is 0 Å². The average Bonchev–Trinajstić information content (AvgIpc) is 2.74. The van der Waals surface area contributed by atoms with E-state index >= 15 is 0 Å². The van der Waals surface area contributed by atoms with E-state index in [1.165, 1.54) is 18.3 Å². The molecule has 20 heavy (non-hydrogen) atoms. The fraction of sp³-hybridized carbons (Fsp3) is 0.500. The van der Waals surface area contributed by atoms with E-state index in [4.69, 9.17) is 11.6 Å². The molecule has 2 rings (SSSR count). The zero-order chi connectivity index (χ0) is 14.8. The molecule has 6 nitrogen and oxygen atoms in total. The zero-order valence-electron chi connectivity index (χ0n) is 11.0. The van der Waals surface area contributed by atoms with E-state index in [9.17, 15) is 13.2 Å². The van der Waals surface area contributed by atoms with Crippen molar-refractivity contribution in [2.24, 2.45) is 0 Å². The van der Waals surface area contributed by atoms with Crippen molar-refractivity contribution in [2.75, 3.05) is 13.1 Å². The van der Waals surface area contributed by atoms with Gasteiger partial charge in [-0.25, -0.2) is 18.1 Å². The quantitative estimate of drug-likeness (QED) is 0.822. The summed E-state index contributed by atoms with van der Waals surface area (Å²) in [5.41, 5.74) is 0. The van der Waals surface area contributed by atoms with E-state index in [0.717, 1.165) is 6.42 Å². The molecule has 1 N–H and O–H groups in total. The SMILES string of the molecule is CC(CN1CCCC1=O)NS(=O)(=O)c1ccnc(Cl)c1. The topological polar surface area (TPSA) is 79.4 Å². The Morgan fingerprint density at radius 3 is 2.90 bits per heavy atom. The molecule has 2 heterocycles. The lowest BCUT2D eigenvalue weighted by Crippen LogP contribution is -2.42. The molecule has 110 valence electrons. The third-order valence-corrected chi connectivity index (χ3v) is 4.82. The molecule has 0 spiro atoms. The van der Waals surface area contributed by atoms with Crippen LogP contribution >= 0.6 is 11.6 Å². The van der Waals surface area contributed by atoms with Crippen LogP contribution in [0.1, 0.15) is 19.8 Å². The molecule has 1 aliphatic rings. The maximum atomic E-state index is 12.1. The van der Waals surface area contributed by atoms with Crippen molar-refractivity contribution in [3.63, 3.8) is 0 Å². The number of hydrogen-bond donors (Lipinski definition) is 1. The van der Waals surface area contributed by atoms with Crippen LogP contribution in [-0.2, 0) is 14.8 Å². The highest BCUT2D eigenvalue weighted by atomic mass is 35.5. The summed E-state index contributed by atoms with van der Waals surface area (Å²) in [4.78, 5) is 17.0. The first-order valence-electron chi connectivity index (χ1n) is 6.30. The molecule has 8 heteroatoms. The minimum Gasteiger partial charge on any atom is -0.341 e. The van der Waals surface area contributed by atoms with Crippen LogP contribution in [-0.4, -0.2) is 43.3 Å². The van der Waals surface area contributed by atoms with Crippen molar-refractivity contribution in [1.82, 2.24) is 14.6 Å². The molecule has 1 fully saturated rings. The number of hydrogen-bond acceptors (Lipinski definition) is 4. The number of amides is 1. The molecule has 1 aliphatic heterocycles. The smallest absolute Gasteiger partial charge is 0.241 e. The molecule has 0 aromatic carbocycles. The van der Waals surface area contributed by atoms with Crippen molar-refractivity contribution >= 4 is 27.5 Å². The summed E-state index contributed by atoms with van der Waals surface area (Å²) in [5, 5.41) is 0.121. The molecule has 0 radical (unpaired) electrons. The molecular weight excluding hydrogens is 302 g/mol. The summed E-state index contributed by atoms with van der Waals surface area (Å²) >= 11 is 5.69. The van der Waals surface area contributed by atoms with Crippen molar-refractivity contribution < 1.29 is 13.2 Å². The molecule has 1 saturated heterocycles. The lowest BCUT2D eigenvalue weighted by Gasteiger charge is -2.21. The van der Waals surface area contributed by atoms with Gasteiger partial charge in [0.2, 0.25) is 15.9 Å². The van der Waals surface area contributed by atoms with Crippen LogP contribution in [0, 0.1) is 0 Å². The molecule has 0 bridgehead atoms. The Hall–Kier alpha value is -1.18. The monoisotopic (exact) mass is 317 g/mol. The van der Waals surface area contributed by atoms with Gasteiger partial charge in [0.15, 0.2) is 0 Å². The fourth-order valence-corrected chi connectivity index (χ4v) is 3.64. The second-order valence-corrected chi connectivity index (χ2v) is 6.88. The molecule has 0 saturated carbocycles. The number of aromatic nitrogens is 1. The molecule has 1 unspecified atom stereocenters. The van der Waals surface area contributed by atoms with Crippen LogP contribution in [0.2, 0.25) is 5.15 Å². The fourth-order valence-electron chi connectivity index (χ4n) is 2.15. The summed E-state index contributed by atoms with van der Waals surface area (Å²) in [6, 6.07) is 2.30. The van der Waals surface area contributed by atoms with Gasteiger partial charge in [0, 0.05) is 31.7 Å². The van der Waals surface area contributed by atoms with Gasteiger partial charge in [-0.15, -0.1) is 0 Å². The molecule has 0 aliphatic carbocycles. The number of rotatable bonds is 5. The first-order valence-corrected chi connectivity index (χ1v) is 8.16. The van der Waals surface area contributed by atoms with E-state index in [0.29, 0.717) is 19.5 Å². The Morgan fingerprint density at radius 1 is 1.55 bits per heavy atom. The number of halogens is 1. The largest absolute Gasteiger partial charge is 0.341 e. The molecule has 1 aromatic rings. The van der Waals surface area contributed by atoms with Crippen molar-refractivity contribution in [3.05, 3.63) is 23.5 Å². The number of likely N-dealkylation sites (tertiary alicyclic amines) is 1. The van der Waals surface area contributed by atoms with Gasteiger partial charge in [-0.2, -0.15) is 0 Å². The van der Waals surface area contributed by atoms with Crippen molar-refractivity contribution in [3.8, 4) is 0 Å². The minimum absolute atomic E-state index is 0.0668. The number of carbonyl (C=O) groups is 1. The summed E-state index contributed by atoms with van der Waals surface area (Å²) in [5.74, 6) is 0.0722. The van der Waals surface area contributed by atoms with Gasteiger partial charge in [-0.3, -0.25) is 4.79 Å². The van der Waals surface area contributed by atoms with Crippen LogP contribution < -0.4 is 4.72 Å². The lowest BCUT2D eigenvalue weighted by molar-refractivity contribution is -0.127. The molecule has 1 atom stereocenters. The van der Waals surface area contributed by atoms with Crippen LogP contribution in [0.3, 0.4) is 0 Å². The van der Waals surface area contributed by atoms with E-state index in [1.54, 1.807) is 11.8 Å². The van der Waals surface area contributed by atoms with Gasteiger partial charge in [-0.05, 0) is 25.5 Å². The Labute approximate surface area is 123 Å². The first-order chi connectivity index (χ1) is 9.38. The van der Waals surface area contributed by atoms with Gasteiger partial charge < -0.3 is 4.90 Å². The number of pyridine rings is 1. The van der Waals surface area contributed by atoms with Crippen molar-refractivity contribution in [2.45, 2.75) is 30.7 Å². The summed E-state index contributed by atoms with van der Waals surface area (Å²) in [7, 11) is -3.65. The van der Waals surface area contributed by atoms with Gasteiger partial charge in [-0.1, -0.05) is 11.6 Å². The number of sulfonamides is 1. The second kappa shape index (κ2) is 6.07. The van der Waals surface area contributed by atoms with E-state index < -0.39 is 10.0 Å². The average molecular weight is 318 g/mol. The number of nitrogens with zero attached hydrogens (tertiary/aromatic N) is 2. The summed E-state index contributed by atoms with van der Waals surface area (Å²) in [6.45, 7) is 2.79. The summed E-state index contributed by atoms with van der Waals surface area (Å²) < 4.78 is 26.8. The van der Waals surface area contributed by atoms with Crippen LogP contribution in [0.15, 0.2) is 23.2 Å². The Morgan fingerprint density at radius 2 is 2.30 bits per heavy atom. The van der Waals surface area contributed by atoms with E-state index in [-0.39, 0.29) is 22.0 Å². The second-order valence-electron chi connectivity index (χ2n) is 4.78. The molecular formula is C12H16ClN3O3S. The third-order valence-electron chi connectivity index (χ3n) is 3.03. The van der Waals surface area contributed by atoms with Crippen LogP contribution in [0.5, 0.6) is 0 Å².